The normalized spacial score (nSPS) is 26.2. The molecule has 1 amide bonds. The van der Waals surface area contributed by atoms with Crippen LogP contribution in [0.5, 0.6) is 0 Å². The van der Waals surface area contributed by atoms with E-state index in [0.717, 1.165) is 6.42 Å². The summed E-state index contributed by atoms with van der Waals surface area (Å²) in [5.74, 6) is -0.793. The van der Waals surface area contributed by atoms with Gasteiger partial charge in [0.05, 0.1) is 7.11 Å². The molecule has 0 aromatic rings. The molecule has 0 aromatic heterocycles. The standard InChI is InChI=1S/C10H16ClNO4/c1-10(4-3-5-16-10)9(14)12-6-7(11)8(13)15-2/h7H,3-6H2,1-2H3,(H,12,14). The number of nitrogens with one attached hydrogen (secondary N) is 1. The Morgan fingerprint density at radius 2 is 2.31 bits per heavy atom. The van der Waals surface area contributed by atoms with Gasteiger partial charge in [-0.25, -0.2) is 0 Å². The number of hydrogen-bond acceptors (Lipinski definition) is 4. The quantitative estimate of drug-likeness (QED) is 0.581. The molecule has 1 heterocycles. The van der Waals surface area contributed by atoms with Crippen LogP contribution in [0.15, 0.2) is 0 Å². The van der Waals surface area contributed by atoms with Gasteiger partial charge in [-0.2, -0.15) is 0 Å². The molecule has 0 bridgehead atoms. The number of esters is 1. The van der Waals surface area contributed by atoms with Gasteiger partial charge in [-0.05, 0) is 19.8 Å². The molecule has 1 N–H and O–H groups in total. The average Bonchev–Trinajstić information content (AvgIpc) is 2.72. The van der Waals surface area contributed by atoms with Crippen LogP contribution in [0.4, 0.5) is 0 Å². The maximum absolute atomic E-state index is 11.7. The van der Waals surface area contributed by atoms with Crippen molar-refractivity contribution in [3.05, 3.63) is 0 Å². The molecule has 0 aromatic carbocycles. The van der Waals surface area contributed by atoms with Gasteiger partial charge in [0.25, 0.3) is 5.91 Å². The van der Waals surface area contributed by atoms with E-state index in [-0.39, 0.29) is 12.5 Å². The van der Waals surface area contributed by atoms with Gasteiger partial charge in [0.2, 0.25) is 0 Å². The molecule has 0 saturated carbocycles. The van der Waals surface area contributed by atoms with E-state index < -0.39 is 16.9 Å². The fourth-order valence-corrected chi connectivity index (χ4v) is 1.70. The zero-order valence-electron chi connectivity index (χ0n) is 9.42. The lowest BCUT2D eigenvalue weighted by Crippen LogP contribution is -2.46. The average molecular weight is 250 g/mol. The zero-order valence-corrected chi connectivity index (χ0v) is 10.2. The van der Waals surface area contributed by atoms with E-state index in [1.165, 1.54) is 7.11 Å². The summed E-state index contributed by atoms with van der Waals surface area (Å²) < 4.78 is 9.79. The summed E-state index contributed by atoms with van der Waals surface area (Å²) in [6, 6.07) is 0. The van der Waals surface area contributed by atoms with Crippen molar-refractivity contribution in [3.8, 4) is 0 Å². The Kier molecular flexibility index (Phi) is 4.56. The second kappa shape index (κ2) is 5.50. The first kappa shape index (κ1) is 13.3. The number of methoxy groups -OCH3 is 1. The summed E-state index contributed by atoms with van der Waals surface area (Å²) >= 11 is 5.70. The van der Waals surface area contributed by atoms with E-state index in [1.807, 2.05) is 0 Å². The molecule has 6 heteroatoms. The van der Waals surface area contributed by atoms with Crippen molar-refractivity contribution >= 4 is 23.5 Å². The number of amides is 1. The van der Waals surface area contributed by atoms with Crippen molar-refractivity contribution in [2.45, 2.75) is 30.7 Å². The van der Waals surface area contributed by atoms with E-state index in [0.29, 0.717) is 13.0 Å². The maximum atomic E-state index is 11.7. The summed E-state index contributed by atoms with van der Waals surface area (Å²) in [6.07, 6.45) is 1.55. The number of carbonyl (C=O) groups excluding carboxylic acids is 2. The fraction of sp³-hybridized carbons (Fsp3) is 0.800. The van der Waals surface area contributed by atoms with Crippen LogP contribution < -0.4 is 5.32 Å². The van der Waals surface area contributed by atoms with Gasteiger partial charge in [0.1, 0.15) is 11.0 Å². The van der Waals surface area contributed by atoms with Crippen molar-refractivity contribution in [1.29, 1.82) is 0 Å². The highest BCUT2D eigenvalue weighted by Gasteiger charge is 2.37. The van der Waals surface area contributed by atoms with Crippen molar-refractivity contribution in [1.82, 2.24) is 5.32 Å². The molecule has 0 spiro atoms. The summed E-state index contributed by atoms with van der Waals surface area (Å²) in [7, 11) is 1.25. The topological polar surface area (TPSA) is 64.6 Å². The summed E-state index contributed by atoms with van der Waals surface area (Å²) in [4.78, 5) is 22.7. The number of rotatable bonds is 4. The molecular formula is C10H16ClNO4. The maximum Gasteiger partial charge on any atom is 0.325 e. The van der Waals surface area contributed by atoms with Crippen LogP contribution in [-0.2, 0) is 19.1 Å². The van der Waals surface area contributed by atoms with Crippen LogP contribution in [0, 0.1) is 0 Å². The minimum Gasteiger partial charge on any atom is -0.468 e. The van der Waals surface area contributed by atoms with Crippen LogP contribution >= 0.6 is 11.6 Å². The molecule has 0 aliphatic carbocycles. The smallest absolute Gasteiger partial charge is 0.325 e. The number of carbonyl (C=O) groups is 2. The summed E-state index contributed by atoms with van der Waals surface area (Å²) in [5, 5.41) is 1.72. The lowest BCUT2D eigenvalue weighted by atomic mass is 10.0. The second-order valence-electron chi connectivity index (χ2n) is 3.88. The summed E-state index contributed by atoms with van der Waals surface area (Å²) in [6.45, 7) is 2.37. The Hall–Kier alpha value is -0.810. The van der Waals surface area contributed by atoms with Crippen LogP contribution in [0.25, 0.3) is 0 Å². The first-order chi connectivity index (χ1) is 7.49. The highest BCUT2D eigenvalue weighted by atomic mass is 35.5. The third kappa shape index (κ3) is 3.09. The zero-order chi connectivity index (χ0) is 12.2. The molecule has 2 atom stereocenters. The van der Waals surface area contributed by atoms with E-state index in [2.05, 4.69) is 10.1 Å². The van der Waals surface area contributed by atoms with Gasteiger partial charge in [-0.3, -0.25) is 9.59 Å². The molecule has 1 fully saturated rings. The monoisotopic (exact) mass is 249 g/mol. The Balaban J connectivity index is 2.37. The van der Waals surface area contributed by atoms with Gasteiger partial charge in [0, 0.05) is 13.2 Å². The third-order valence-electron chi connectivity index (χ3n) is 2.60. The molecule has 1 aliphatic rings. The van der Waals surface area contributed by atoms with Gasteiger partial charge in [-0.15, -0.1) is 11.6 Å². The van der Waals surface area contributed by atoms with E-state index in [1.54, 1.807) is 6.92 Å². The highest BCUT2D eigenvalue weighted by molar-refractivity contribution is 6.30. The lowest BCUT2D eigenvalue weighted by Gasteiger charge is -2.22. The van der Waals surface area contributed by atoms with Gasteiger partial charge in [-0.1, -0.05) is 0 Å². The Labute approximate surface area is 99.4 Å². The largest absolute Gasteiger partial charge is 0.468 e. The van der Waals surface area contributed by atoms with Crippen LogP contribution in [0.1, 0.15) is 19.8 Å². The van der Waals surface area contributed by atoms with Crippen LogP contribution in [0.3, 0.4) is 0 Å². The van der Waals surface area contributed by atoms with Gasteiger partial charge < -0.3 is 14.8 Å². The van der Waals surface area contributed by atoms with Gasteiger partial charge >= 0.3 is 5.97 Å². The van der Waals surface area contributed by atoms with Gasteiger partial charge in [0.15, 0.2) is 0 Å². The van der Waals surface area contributed by atoms with Crippen molar-refractivity contribution in [2.75, 3.05) is 20.3 Å². The second-order valence-corrected chi connectivity index (χ2v) is 4.41. The molecule has 1 saturated heterocycles. The molecular weight excluding hydrogens is 234 g/mol. The Bertz CT molecular complexity index is 276. The molecule has 2 unspecified atom stereocenters. The minimum absolute atomic E-state index is 0.0476. The molecule has 92 valence electrons. The third-order valence-corrected chi connectivity index (χ3v) is 2.93. The Morgan fingerprint density at radius 1 is 1.62 bits per heavy atom. The number of ether oxygens (including phenoxy) is 2. The molecule has 16 heavy (non-hydrogen) atoms. The number of hydrogen-bond donors (Lipinski definition) is 1. The molecule has 1 aliphatic heterocycles. The molecule has 5 nitrogen and oxygen atoms in total. The fourth-order valence-electron chi connectivity index (χ4n) is 1.54. The lowest BCUT2D eigenvalue weighted by molar-refractivity contribution is -0.141. The minimum atomic E-state index is -0.862. The first-order valence-corrected chi connectivity index (χ1v) is 5.57. The highest BCUT2D eigenvalue weighted by Crippen LogP contribution is 2.24. The van der Waals surface area contributed by atoms with Crippen LogP contribution in [-0.4, -0.2) is 43.1 Å². The Morgan fingerprint density at radius 3 is 2.81 bits per heavy atom. The molecule has 0 radical (unpaired) electrons. The SMILES string of the molecule is COC(=O)C(Cl)CNC(=O)C1(C)CCCO1. The van der Waals surface area contributed by atoms with E-state index in [4.69, 9.17) is 16.3 Å². The van der Waals surface area contributed by atoms with Crippen molar-refractivity contribution in [3.63, 3.8) is 0 Å². The van der Waals surface area contributed by atoms with Crippen LogP contribution in [0.2, 0.25) is 0 Å². The van der Waals surface area contributed by atoms with Crippen molar-refractivity contribution < 1.29 is 19.1 Å². The van der Waals surface area contributed by atoms with E-state index >= 15 is 0 Å². The predicted molar refractivity (Wildman–Crippen MR) is 58.3 cm³/mol. The molecule has 1 rings (SSSR count). The summed E-state index contributed by atoms with van der Waals surface area (Å²) in [5.41, 5.74) is -0.785. The van der Waals surface area contributed by atoms with E-state index in [9.17, 15) is 9.59 Å². The predicted octanol–water partition coefficient (Wildman–Crippen LogP) is 0.452. The number of alkyl halides is 1. The number of halogens is 1. The van der Waals surface area contributed by atoms with Crippen molar-refractivity contribution in [2.24, 2.45) is 0 Å². The first-order valence-electron chi connectivity index (χ1n) is 5.14.